The summed E-state index contributed by atoms with van der Waals surface area (Å²) in [4.78, 5) is 16.4. The van der Waals surface area contributed by atoms with Gasteiger partial charge in [0.15, 0.2) is 0 Å². The molecule has 0 spiro atoms. The summed E-state index contributed by atoms with van der Waals surface area (Å²) in [5.41, 5.74) is 1.16. The molecule has 0 bridgehead atoms. The van der Waals surface area contributed by atoms with Crippen molar-refractivity contribution in [1.82, 2.24) is 9.80 Å². The van der Waals surface area contributed by atoms with Crippen LogP contribution in [0.25, 0.3) is 0 Å². The third-order valence-corrected chi connectivity index (χ3v) is 4.77. The van der Waals surface area contributed by atoms with Crippen LogP contribution in [0.1, 0.15) is 32.4 Å². The monoisotopic (exact) mass is 324 g/mol. The summed E-state index contributed by atoms with van der Waals surface area (Å²) >= 11 is 6.30. The molecule has 5 heteroatoms. The Morgan fingerprint density at radius 2 is 1.77 bits per heavy atom. The molecule has 1 aromatic carbocycles. The first-order valence-electron chi connectivity index (χ1n) is 7.93. The Morgan fingerprint density at radius 3 is 2.36 bits per heavy atom. The van der Waals surface area contributed by atoms with Crippen molar-refractivity contribution in [3.8, 4) is 0 Å². The van der Waals surface area contributed by atoms with Gasteiger partial charge >= 0.3 is 5.97 Å². The molecule has 0 aromatic heterocycles. The van der Waals surface area contributed by atoms with E-state index < -0.39 is 0 Å². The van der Waals surface area contributed by atoms with Gasteiger partial charge in [0.2, 0.25) is 0 Å². The van der Waals surface area contributed by atoms with Gasteiger partial charge in [-0.3, -0.25) is 14.6 Å². The number of halogens is 1. The van der Waals surface area contributed by atoms with Gasteiger partial charge in [0, 0.05) is 37.2 Å². The molecule has 1 fully saturated rings. The third-order valence-electron chi connectivity index (χ3n) is 4.43. The molecule has 0 N–H and O–H groups in total. The van der Waals surface area contributed by atoms with Crippen molar-refractivity contribution < 1.29 is 9.53 Å². The maximum Gasteiger partial charge on any atom is 0.323 e. The highest BCUT2D eigenvalue weighted by Crippen LogP contribution is 2.28. The Morgan fingerprint density at radius 1 is 1.18 bits per heavy atom. The zero-order chi connectivity index (χ0) is 16.1. The molecule has 1 aromatic rings. The van der Waals surface area contributed by atoms with Crippen molar-refractivity contribution in [1.29, 1.82) is 0 Å². The van der Waals surface area contributed by atoms with E-state index in [-0.39, 0.29) is 18.1 Å². The van der Waals surface area contributed by atoms with Crippen LogP contribution in [0.2, 0.25) is 5.02 Å². The van der Waals surface area contributed by atoms with Crippen LogP contribution in [0.3, 0.4) is 0 Å². The Labute approximate surface area is 138 Å². The fraction of sp³-hybridized carbons (Fsp3) is 0.588. The van der Waals surface area contributed by atoms with Crippen molar-refractivity contribution in [2.45, 2.75) is 32.9 Å². The molecule has 2 rings (SSSR count). The maximum atomic E-state index is 11.8. The van der Waals surface area contributed by atoms with Crippen LogP contribution in [-0.4, -0.2) is 54.6 Å². The lowest BCUT2D eigenvalue weighted by Gasteiger charge is -2.40. The Hall–Kier alpha value is -1.10. The molecule has 2 unspecified atom stereocenters. The highest BCUT2D eigenvalue weighted by Gasteiger charge is 2.28. The zero-order valence-electron chi connectivity index (χ0n) is 13.6. The molecule has 1 aliphatic heterocycles. The first kappa shape index (κ1) is 17.3. The molecule has 1 heterocycles. The van der Waals surface area contributed by atoms with Crippen LogP contribution in [0.5, 0.6) is 0 Å². The minimum absolute atomic E-state index is 0.130. The van der Waals surface area contributed by atoms with E-state index in [1.807, 2.05) is 32.0 Å². The predicted octanol–water partition coefficient (Wildman–Crippen LogP) is 2.97. The molecule has 2 atom stereocenters. The van der Waals surface area contributed by atoms with Crippen molar-refractivity contribution in [3.05, 3.63) is 34.9 Å². The van der Waals surface area contributed by atoms with Gasteiger partial charge in [0.05, 0.1) is 6.61 Å². The number of rotatable bonds is 5. The Kier molecular flexibility index (Phi) is 6.24. The average molecular weight is 325 g/mol. The van der Waals surface area contributed by atoms with E-state index >= 15 is 0 Å². The third kappa shape index (κ3) is 4.00. The van der Waals surface area contributed by atoms with Crippen molar-refractivity contribution in [2.24, 2.45) is 0 Å². The molecule has 0 aliphatic carbocycles. The Balaban J connectivity index is 1.92. The number of carbonyl (C=O) groups is 1. The van der Waals surface area contributed by atoms with Crippen LogP contribution >= 0.6 is 11.6 Å². The van der Waals surface area contributed by atoms with Crippen LogP contribution in [0.4, 0.5) is 0 Å². The van der Waals surface area contributed by atoms with E-state index in [4.69, 9.17) is 16.3 Å². The van der Waals surface area contributed by atoms with E-state index in [1.54, 1.807) is 0 Å². The van der Waals surface area contributed by atoms with Crippen LogP contribution < -0.4 is 0 Å². The predicted molar refractivity (Wildman–Crippen MR) is 89.1 cm³/mol. The number of hydrogen-bond donors (Lipinski definition) is 0. The van der Waals surface area contributed by atoms with Gasteiger partial charge in [-0.2, -0.15) is 0 Å². The molecule has 1 saturated heterocycles. The second kappa shape index (κ2) is 7.95. The number of ether oxygens (including phenoxy) is 1. The minimum atomic E-state index is -0.169. The lowest BCUT2D eigenvalue weighted by atomic mass is 10.1. The van der Waals surface area contributed by atoms with E-state index in [1.165, 1.54) is 0 Å². The fourth-order valence-corrected chi connectivity index (χ4v) is 3.23. The highest BCUT2D eigenvalue weighted by molar-refractivity contribution is 6.31. The number of benzene rings is 1. The van der Waals surface area contributed by atoms with Gasteiger partial charge in [-0.05, 0) is 32.4 Å². The second-order valence-electron chi connectivity index (χ2n) is 5.70. The average Bonchev–Trinajstić information content (AvgIpc) is 2.54. The van der Waals surface area contributed by atoms with Crippen LogP contribution in [-0.2, 0) is 9.53 Å². The first-order chi connectivity index (χ1) is 10.5. The fourth-order valence-electron chi connectivity index (χ4n) is 2.93. The van der Waals surface area contributed by atoms with Crippen molar-refractivity contribution >= 4 is 17.6 Å². The molecule has 0 radical (unpaired) electrons. The van der Waals surface area contributed by atoms with Crippen LogP contribution in [0, 0.1) is 0 Å². The standard InChI is InChI=1S/C17H25ClN2O2/c1-4-22-17(21)14(3)20-11-9-19(10-12-20)13(2)15-7-5-6-8-16(15)18/h5-8,13-14H,4,9-12H2,1-3H3. The molecule has 1 aliphatic rings. The van der Waals surface area contributed by atoms with Gasteiger partial charge in [0.1, 0.15) is 6.04 Å². The number of piperazine rings is 1. The summed E-state index contributed by atoms with van der Waals surface area (Å²) in [6.07, 6.45) is 0. The summed E-state index contributed by atoms with van der Waals surface area (Å²) < 4.78 is 5.10. The van der Waals surface area contributed by atoms with Gasteiger partial charge in [-0.25, -0.2) is 0 Å². The SMILES string of the molecule is CCOC(=O)C(C)N1CCN(C(C)c2ccccc2Cl)CC1. The summed E-state index contributed by atoms with van der Waals surface area (Å²) in [5.74, 6) is -0.130. The minimum Gasteiger partial charge on any atom is -0.465 e. The molecule has 0 saturated carbocycles. The topological polar surface area (TPSA) is 32.8 Å². The molecule has 0 amide bonds. The van der Waals surface area contributed by atoms with Crippen molar-refractivity contribution in [2.75, 3.05) is 32.8 Å². The highest BCUT2D eigenvalue weighted by atomic mass is 35.5. The maximum absolute atomic E-state index is 11.8. The largest absolute Gasteiger partial charge is 0.465 e. The smallest absolute Gasteiger partial charge is 0.323 e. The van der Waals surface area contributed by atoms with E-state index in [0.717, 1.165) is 36.8 Å². The summed E-state index contributed by atoms with van der Waals surface area (Å²) in [6, 6.07) is 8.12. The molecular weight excluding hydrogens is 300 g/mol. The zero-order valence-corrected chi connectivity index (χ0v) is 14.3. The second-order valence-corrected chi connectivity index (χ2v) is 6.10. The van der Waals surface area contributed by atoms with Gasteiger partial charge in [-0.1, -0.05) is 29.8 Å². The van der Waals surface area contributed by atoms with Gasteiger partial charge in [-0.15, -0.1) is 0 Å². The van der Waals surface area contributed by atoms with Gasteiger partial charge in [0.25, 0.3) is 0 Å². The number of carbonyl (C=O) groups excluding carboxylic acids is 1. The van der Waals surface area contributed by atoms with Crippen molar-refractivity contribution in [3.63, 3.8) is 0 Å². The normalized spacial score (nSPS) is 19.6. The lowest BCUT2D eigenvalue weighted by molar-refractivity contribution is -0.149. The van der Waals surface area contributed by atoms with E-state index in [2.05, 4.69) is 22.8 Å². The van der Waals surface area contributed by atoms with Gasteiger partial charge < -0.3 is 4.74 Å². The quantitative estimate of drug-likeness (QED) is 0.780. The van der Waals surface area contributed by atoms with E-state index in [9.17, 15) is 4.79 Å². The Bertz CT molecular complexity index is 501. The molecule has 122 valence electrons. The van der Waals surface area contributed by atoms with E-state index in [0.29, 0.717) is 6.61 Å². The van der Waals surface area contributed by atoms with Crippen LogP contribution in [0.15, 0.2) is 24.3 Å². The lowest BCUT2D eigenvalue weighted by Crippen LogP contribution is -2.52. The summed E-state index contributed by atoms with van der Waals surface area (Å²) in [6.45, 7) is 9.98. The number of hydrogen-bond acceptors (Lipinski definition) is 4. The summed E-state index contributed by atoms with van der Waals surface area (Å²) in [7, 11) is 0. The number of nitrogens with zero attached hydrogens (tertiary/aromatic N) is 2. The summed E-state index contributed by atoms with van der Waals surface area (Å²) in [5, 5.41) is 0.817. The molecular formula is C17H25ClN2O2. The number of esters is 1. The molecule has 4 nitrogen and oxygen atoms in total. The molecule has 22 heavy (non-hydrogen) atoms. The first-order valence-corrected chi connectivity index (χ1v) is 8.31.